The van der Waals surface area contributed by atoms with E-state index in [0.717, 1.165) is 32.6 Å². The van der Waals surface area contributed by atoms with E-state index in [9.17, 15) is 9.59 Å². The molecule has 0 aromatic heterocycles. The molecule has 6 heteroatoms. The van der Waals surface area contributed by atoms with Crippen LogP contribution < -0.4 is 16.4 Å². The van der Waals surface area contributed by atoms with Crippen LogP contribution in [-0.2, 0) is 9.59 Å². The minimum Gasteiger partial charge on any atom is -0.361 e. The van der Waals surface area contributed by atoms with Crippen molar-refractivity contribution in [3.63, 3.8) is 0 Å². The zero-order chi connectivity index (χ0) is 13.1. The lowest BCUT2D eigenvalue weighted by molar-refractivity contribution is -0.144. The van der Waals surface area contributed by atoms with Crippen LogP contribution in [0.1, 0.15) is 26.7 Å². The van der Waals surface area contributed by atoms with Gasteiger partial charge < -0.3 is 21.3 Å². The topological polar surface area (TPSA) is 87.5 Å². The number of carbonyl (C=O) groups excluding carboxylic acids is 2. The minimum absolute atomic E-state index is 0.571. The monoisotopic (exact) mass is 244 g/mol. The Morgan fingerprint density at radius 3 is 1.82 bits per heavy atom. The molecule has 100 valence electrons. The van der Waals surface area contributed by atoms with Crippen LogP contribution in [0.15, 0.2) is 0 Å². The summed E-state index contributed by atoms with van der Waals surface area (Å²) in [7, 11) is 0. The van der Waals surface area contributed by atoms with E-state index in [1.165, 1.54) is 4.90 Å². The molecule has 0 unspecified atom stereocenters. The molecule has 1 fully saturated rings. The van der Waals surface area contributed by atoms with Gasteiger partial charge in [-0.05, 0) is 12.8 Å². The van der Waals surface area contributed by atoms with Crippen LogP contribution in [0.5, 0.6) is 0 Å². The van der Waals surface area contributed by atoms with Gasteiger partial charge in [-0.3, -0.25) is 9.59 Å². The Hall–Kier alpha value is -1.14. The fourth-order valence-electron chi connectivity index (χ4n) is 1.45. The Kier molecular flexibility index (Phi) is 9.37. The summed E-state index contributed by atoms with van der Waals surface area (Å²) in [5.41, 5.74) is 4.87. The van der Waals surface area contributed by atoms with E-state index >= 15 is 0 Å². The molecule has 0 aliphatic carbocycles. The standard InChI is InChI=1S/C8H16N2O2.C3H8N2/c1-3-5-10(6-4-2)8(12)7(9)11;1-2-5-3-4-1/h3-6H2,1-2H3,(H2,9,11);4-5H,1-3H2. The summed E-state index contributed by atoms with van der Waals surface area (Å²) in [6.07, 6.45) is 1.69. The van der Waals surface area contributed by atoms with Crippen molar-refractivity contribution in [2.75, 3.05) is 32.8 Å². The molecule has 0 saturated carbocycles. The number of nitrogens with two attached hydrogens (primary N) is 1. The molecule has 0 bridgehead atoms. The highest BCUT2D eigenvalue weighted by Crippen LogP contribution is 1.94. The first-order valence-corrected chi connectivity index (χ1v) is 6.13. The molecule has 0 spiro atoms. The molecule has 1 saturated heterocycles. The molecule has 17 heavy (non-hydrogen) atoms. The highest BCUT2D eigenvalue weighted by Gasteiger charge is 2.16. The summed E-state index contributed by atoms with van der Waals surface area (Å²) in [4.78, 5) is 23.1. The van der Waals surface area contributed by atoms with Gasteiger partial charge in [-0.25, -0.2) is 0 Å². The van der Waals surface area contributed by atoms with Crippen LogP contribution in [0.2, 0.25) is 0 Å². The lowest BCUT2D eigenvalue weighted by Gasteiger charge is -2.18. The normalized spacial score (nSPS) is 13.8. The SMILES string of the molecule is C1CNCN1.CCCN(CCC)C(=O)C(N)=O. The quantitative estimate of drug-likeness (QED) is 0.568. The minimum atomic E-state index is -0.864. The van der Waals surface area contributed by atoms with Crippen molar-refractivity contribution < 1.29 is 9.59 Å². The Morgan fingerprint density at radius 2 is 1.59 bits per heavy atom. The Morgan fingerprint density at radius 1 is 1.12 bits per heavy atom. The van der Waals surface area contributed by atoms with Crippen LogP contribution in [-0.4, -0.2) is 49.6 Å². The second kappa shape index (κ2) is 10.0. The van der Waals surface area contributed by atoms with Crippen LogP contribution in [0, 0.1) is 0 Å². The summed E-state index contributed by atoms with van der Waals surface area (Å²) < 4.78 is 0. The zero-order valence-corrected chi connectivity index (χ0v) is 10.8. The van der Waals surface area contributed by atoms with Crippen LogP contribution in [0.25, 0.3) is 0 Å². The van der Waals surface area contributed by atoms with Gasteiger partial charge in [-0.1, -0.05) is 13.8 Å². The lowest BCUT2D eigenvalue weighted by atomic mass is 10.3. The first-order valence-electron chi connectivity index (χ1n) is 6.13. The average Bonchev–Trinajstić information content (AvgIpc) is 2.86. The second-order valence-corrected chi connectivity index (χ2v) is 3.83. The Balaban J connectivity index is 0.000000419. The second-order valence-electron chi connectivity index (χ2n) is 3.83. The molecule has 2 amide bonds. The highest BCUT2D eigenvalue weighted by atomic mass is 16.2. The smallest absolute Gasteiger partial charge is 0.311 e. The first kappa shape index (κ1) is 15.9. The van der Waals surface area contributed by atoms with Crippen molar-refractivity contribution in [2.24, 2.45) is 5.73 Å². The molecule has 4 N–H and O–H groups in total. The number of nitrogens with zero attached hydrogens (tertiary/aromatic N) is 1. The number of rotatable bonds is 4. The van der Waals surface area contributed by atoms with Gasteiger partial charge in [0.25, 0.3) is 0 Å². The van der Waals surface area contributed by atoms with Crippen molar-refractivity contribution in [3.8, 4) is 0 Å². The number of hydrogen-bond donors (Lipinski definition) is 3. The van der Waals surface area contributed by atoms with Crippen LogP contribution in [0.3, 0.4) is 0 Å². The molecule has 1 rings (SSSR count). The van der Waals surface area contributed by atoms with E-state index in [1.807, 2.05) is 13.8 Å². The summed E-state index contributed by atoms with van der Waals surface area (Å²) >= 11 is 0. The van der Waals surface area contributed by atoms with Crippen LogP contribution >= 0.6 is 0 Å². The third kappa shape index (κ3) is 7.70. The van der Waals surface area contributed by atoms with E-state index in [-0.39, 0.29) is 0 Å². The average molecular weight is 244 g/mol. The van der Waals surface area contributed by atoms with Gasteiger partial charge in [0.2, 0.25) is 0 Å². The van der Waals surface area contributed by atoms with Crippen molar-refractivity contribution in [1.29, 1.82) is 0 Å². The maximum absolute atomic E-state index is 11.1. The molecule has 0 aromatic rings. The predicted octanol–water partition coefficient (Wildman–Crippen LogP) is -0.743. The summed E-state index contributed by atoms with van der Waals surface area (Å²) in [6.45, 7) is 8.40. The molecule has 1 aliphatic heterocycles. The van der Waals surface area contributed by atoms with Gasteiger partial charge in [0.15, 0.2) is 0 Å². The molecule has 0 aromatic carbocycles. The maximum atomic E-state index is 11.1. The molecular formula is C11H24N4O2. The fraction of sp³-hybridized carbons (Fsp3) is 0.818. The van der Waals surface area contributed by atoms with Gasteiger partial charge in [0.1, 0.15) is 0 Å². The number of hydrogen-bond acceptors (Lipinski definition) is 4. The van der Waals surface area contributed by atoms with Crippen molar-refractivity contribution >= 4 is 11.8 Å². The number of carbonyl (C=O) groups is 2. The van der Waals surface area contributed by atoms with Crippen LogP contribution in [0.4, 0.5) is 0 Å². The van der Waals surface area contributed by atoms with E-state index in [0.29, 0.717) is 13.1 Å². The maximum Gasteiger partial charge on any atom is 0.311 e. The van der Waals surface area contributed by atoms with Crippen molar-refractivity contribution in [1.82, 2.24) is 15.5 Å². The number of amides is 2. The predicted molar refractivity (Wildman–Crippen MR) is 67.2 cm³/mol. The Bertz CT molecular complexity index is 216. The van der Waals surface area contributed by atoms with Gasteiger partial charge in [0, 0.05) is 32.8 Å². The molecule has 1 heterocycles. The summed E-state index contributed by atoms with van der Waals surface area (Å²) in [5.74, 6) is -1.43. The molecule has 0 atom stereocenters. The first-order chi connectivity index (χ1) is 8.13. The van der Waals surface area contributed by atoms with Crippen molar-refractivity contribution in [3.05, 3.63) is 0 Å². The van der Waals surface area contributed by atoms with E-state index in [2.05, 4.69) is 10.6 Å². The molecule has 6 nitrogen and oxygen atoms in total. The summed E-state index contributed by atoms with van der Waals surface area (Å²) in [6, 6.07) is 0. The highest BCUT2D eigenvalue weighted by molar-refractivity contribution is 6.34. The van der Waals surface area contributed by atoms with Gasteiger partial charge >= 0.3 is 11.8 Å². The van der Waals surface area contributed by atoms with Gasteiger partial charge in [-0.2, -0.15) is 0 Å². The zero-order valence-electron chi connectivity index (χ0n) is 10.8. The third-order valence-electron chi connectivity index (χ3n) is 2.21. The lowest BCUT2D eigenvalue weighted by Crippen LogP contribution is -2.41. The number of primary amides is 1. The summed E-state index contributed by atoms with van der Waals surface area (Å²) in [5, 5.41) is 6.22. The largest absolute Gasteiger partial charge is 0.361 e. The van der Waals surface area contributed by atoms with Gasteiger partial charge in [-0.15, -0.1) is 0 Å². The van der Waals surface area contributed by atoms with Gasteiger partial charge in [0.05, 0.1) is 0 Å². The van der Waals surface area contributed by atoms with Crippen molar-refractivity contribution in [2.45, 2.75) is 26.7 Å². The van der Waals surface area contributed by atoms with E-state index in [1.54, 1.807) is 0 Å². The molecular weight excluding hydrogens is 220 g/mol. The molecule has 1 aliphatic rings. The number of nitrogens with one attached hydrogen (secondary N) is 2. The molecule has 0 radical (unpaired) electrons. The fourth-order valence-corrected chi connectivity index (χ4v) is 1.45. The van der Waals surface area contributed by atoms with E-state index < -0.39 is 11.8 Å². The third-order valence-corrected chi connectivity index (χ3v) is 2.21. The Labute approximate surface area is 103 Å². The van der Waals surface area contributed by atoms with E-state index in [4.69, 9.17) is 5.73 Å².